The highest BCUT2D eigenvalue weighted by atomic mass is 15.0. The number of hydrogen-bond acceptors (Lipinski definition) is 3. The van der Waals surface area contributed by atoms with E-state index < -0.39 is 0 Å². The lowest BCUT2D eigenvalue weighted by molar-refractivity contribution is 0.743. The summed E-state index contributed by atoms with van der Waals surface area (Å²) in [4.78, 5) is 3.88. The molecule has 0 aliphatic carbocycles. The summed E-state index contributed by atoms with van der Waals surface area (Å²) in [5.41, 5.74) is 5.32. The topological polar surface area (TPSA) is 50.4 Å². The number of nitrogens with zero attached hydrogens (tertiary/aromatic N) is 1. The molecule has 1 rings (SSSR count). The average Bonchev–Trinajstić information content (AvgIpc) is 1.90. The van der Waals surface area contributed by atoms with Crippen molar-refractivity contribution in [3.63, 3.8) is 0 Å². The van der Waals surface area contributed by atoms with Gasteiger partial charge in [0.05, 0.1) is 6.04 Å². The van der Waals surface area contributed by atoms with Crippen LogP contribution < -0.4 is 11.1 Å². The van der Waals surface area contributed by atoms with E-state index in [2.05, 4.69) is 10.3 Å². The van der Waals surface area contributed by atoms with Gasteiger partial charge in [0, 0.05) is 25.2 Å². The molecule has 0 aromatic heterocycles. The van der Waals surface area contributed by atoms with E-state index in [1.807, 2.05) is 0 Å². The average molecular weight is 111 g/mol. The summed E-state index contributed by atoms with van der Waals surface area (Å²) in [6.07, 6.45) is 5.28. The fourth-order valence-electron chi connectivity index (χ4n) is 0.535. The number of aliphatic imine (C=N–C) groups is 1. The third kappa shape index (κ3) is 1.07. The van der Waals surface area contributed by atoms with Gasteiger partial charge in [0.15, 0.2) is 0 Å². The molecule has 1 atom stereocenters. The summed E-state index contributed by atoms with van der Waals surface area (Å²) < 4.78 is 0. The summed E-state index contributed by atoms with van der Waals surface area (Å²) in [6, 6.07) is 0.236. The Hall–Kier alpha value is -0.830. The van der Waals surface area contributed by atoms with Gasteiger partial charge in [-0.1, -0.05) is 0 Å². The first kappa shape index (κ1) is 5.31. The normalized spacial score (nSPS) is 25.4. The molecule has 0 radical (unpaired) electrons. The van der Waals surface area contributed by atoms with Crippen LogP contribution in [0.1, 0.15) is 0 Å². The summed E-state index contributed by atoms with van der Waals surface area (Å²) >= 11 is 0. The highest BCUT2D eigenvalue weighted by Gasteiger charge is 1.98. The second-order valence-corrected chi connectivity index (χ2v) is 1.62. The molecule has 0 saturated carbocycles. The summed E-state index contributed by atoms with van der Waals surface area (Å²) in [6.45, 7) is 0.605. The zero-order valence-electron chi connectivity index (χ0n) is 4.54. The van der Waals surface area contributed by atoms with Crippen molar-refractivity contribution in [1.82, 2.24) is 5.32 Å². The van der Waals surface area contributed by atoms with Crippen LogP contribution in [0.5, 0.6) is 0 Å². The first-order valence-electron chi connectivity index (χ1n) is 2.58. The molecule has 3 heteroatoms. The van der Waals surface area contributed by atoms with Gasteiger partial charge in [0.1, 0.15) is 0 Å². The summed E-state index contributed by atoms with van der Waals surface area (Å²) in [5, 5.41) is 3.01. The van der Waals surface area contributed by atoms with Crippen LogP contribution in [-0.4, -0.2) is 18.8 Å². The van der Waals surface area contributed by atoms with Crippen LogP contribution in [0.25, 0.3) is 0 Å². The van der Waals surface area contributed by atoms with Crippen molar-refractivity contribution in [2.45, 2.75) is 6.04 Å². The van der Waals surface area contributed by atoms with Gasteiger partial charge in [-0.05, 0) is 0 Å². The second-order valence-electron chi connectivity index (χ2n) is 1.62. The summed E-state index contributed by atoms with van der Waals surface area (Å²) in [5.74, 6) is 0. The van der Waals surface area contributed by atoms with E-state index in [1.54, 1.807) is 18.6 Å². The van der Waals surface area contributed by atoms with Gasteiger partial charge in [-0.15, -0.1) is 0 Å². The molecule has 0 spiro atoms. The van der Waals surface area contributed by atoms with Crippen molar-refractivity contribution in [3.8, 4) is 0 Å². The number of nitrogens with two attached hydrogens (primary N) is 1. The van der Waals surface area contributed by atoms with Crippen molar-refractivity contribution in [2.24, 2.45) is 10.7 Å². The van der Waals surface area contributed by atoms with Crippen molar-refractivity contribution in [3.05, 3.63) is 12.4 Å². The first-order valence-corrected chi connectivity index (χ1v) is 2.58. The zero-order chi connectivity index (χ0) is 5.82. The number of rotatable bonds is 1. The van der Waals surface area contributed by atoms with Crippen molar-refractivity contribution >= 4 is 6.21 Å². The first-order chi connectivity index (χ1) is 3.93. The van der Waals surface area contributed by atoms with E-state index in [0.29, 0.717) is 6.54 Å². The smallest absolute Gasteiger partial charge is 0.0733 e. The number of nitrogens with one attached hydrogen (secondary N) is 1. The molecule has 0 amide bonds. The maximum absolute atomic E-state index is 5.32. The lowest BCUT2D eigenvalue weighted by atomic mass is 10.3. The minimum atomic E-state index is 0.236. The molecule has 1 aliphatic heterocycles. The quantitative estimate of drug-likeness (QED) is 0.477. The SMILES string of the molecule is NCC1C=NC=CN1. The molecule has 8 heavy (non-hydrogen) atoms. The molecule has 1 unspecified atom stereocenters. The Morgan fingerprint density at radius 1 is 1.75 bits per heavy atom. The minimum Gasteiger partial charge on any atom is -0.381 e. The van der Waals surface area contributed by atoms with E-state index in [4.69, 9.17) is 5.73 Å². The lowest BCUT2D eigenvalue weighted by Gasteiger charge is -2.10. The summed E-state index contributed by atoms with van der Waals surface area (Å²) in [7, 11) is 0. The van der Waals surface area contributed by atoms with Gasteiger partial charge in [-0.2, -0.15) is 0 Å². The van der Waals surface area contributed by atoms with Crippen molar-refractivity contribution < 1.29 is 0 Å². The molecule has 0 aromatic rings. The van der Waals surface area contributed by atoms with Crippen LogP contribution in [-0.2, 0) is 0 Å². The molecule has 1 heterocycles. The molecule has 44 valence electrons. The van der Waals surface area contributed by atoms with Crippen molar-refractivity contribution in [2.75, 3.05) is 6.54 Å². The van der Waals surface area contributed by atoms with Crippen LogP contribution >= 0.6 is 0 Å². The lowest BCUT2D eigenvalue weighted by Crippen LogP contribution is -2.35. The molecule has 0 fully saturated rings. The highest BCUT2D eigenvalue weighted by molar-refractivity contribution is 5.66. The largest absolute Gasteiger partial charge is 0.381 e. The van der Waals surface area contributed by atoms with E-state index in [1.165, 1.54) is 0 Å². The Labute approximate surface area is 48.3 Å². The molecule has 0 aromatic carbocycles. The van der Waals surface area contributed by atoms with Crippen LogP contribution in [0.4, 0.5) is 0 Å². The molecule has 3 N–H and O–H groups in total. The van der Waals surface area contributed by atoms with E-state index in [9.17, 15) is 0 Å². The Balaban J connectivity index is 2.40. The zero-order valence-corrected chi connectivity index (χ0v) is 4.54. The fraction of sp³-hybridized carbons (Fsp3) is 0.400. The predicted octanol–water partition coefficient (Wildman–Crippen LogP) is -0.541. The predicted molar refractivity (Wildman–Crippen MR) is 33.6 cm³/mol. The third-order valence-electron chi connectivity index (χ3n) is 0.991. The second kappa shape index (κ2) is 2.47. The molecule has 3 nitrogen and oxygen atoms in total. The Kier molecular flexibility index (Phi) is 1.64. The van der Waals surface area contributed by atoms with E-state index in [0.717, 1.165) is 0 Å². The molecule has 1 aliphatic rings. The van der Waals surface area contributed by atoms with Gasteiger partial charge in [0.2, 0.25) is 0 Å². The van der Waals surface area contributed by atoms with Gasteiger partial charge in [0.25, 0.3) is 0 Å². The Bertz CT molecular complexity index is 117. The molecule has 0 bridgehead atoms. The van der Waals surface area contributed by atoms with Gasteiger partial charge in [-0.25, -0.2) is 0 Å². The van der Waals surface area contributed by atoms with Gasteiger partial charge < -0.3 is 11.1 Å². The van der Waals surface area contributed by atoms with Crippen LogP contribution in [0, 0.1) is 0 Å². The maximum atomic E-state index is 5.32. The van der Waals surface area contributed by atoms with E-state index in [-0.39, 0.29) is 6.04 Å². The standard InChI is InChI=1S/C5H9N3/c6-3-5-4-7-1-2-8-5/h1-2,4-5,8H,3,6H2. The fourth-order valence-corrected chi connectivity index (χ4v) is 0.535. The van der Waals surface area contributed by atoms with Gasteiger partial charge in [-0.3, -0.25) is 4.99 Å². The van der Waals surface area contributed by atoms with Crippen LogP contribution in [0.15, 0.2) is 17.4 Å². The third-order valence-corrected chi connectivity index (χ3v) is 0.991. The van der Waals surface area contributed by atoms with Gasteiger partial charge >= 0.3 is 0 Å². The van der Waals surface area contributed by atoms with Crippen LogP contribution in [0.3, 0.4) is 0 Å². The van der Waals surface area contributed by atoms with Crippen LogP contribution in [0.2, 0.25) is 0 Å². The Morgan fingerprint density at radius 2 is 2.62 bits per heavy atom. The van der Waals surface area contributed by atoms with Crippen molar-refractivity contribution in [1.29, 1.82) is 0 Å². The molecule has 0 saturated heterocycles. The monoisotopic (exact) mass is 111 g/mol. The maximum Gasteiger partial charge on any atom is 0.0733 e. The Morgan fingerprint density at radius 3 is 3.00 bits per heavy atom. The minimum absolute atomic E-state index is 0.236. The molecular formula is C5H9N3. The number of hydrogen-bond donors (Lipinski definition) is 2. The highest BCUT2D eigenvalue weighted by Crippen LogP contribution is 1.83. The molecular weight excluding hydrogens is 102 g/mol. The van der Waals surface area contributed by atoms with E-state index >= 15 is 0 Å².